The lowest BCUT2D eigenvalue weighted by Gasteiger charge is -2.13. The number of hydrogen-bond acceptors (Lipinski definition) is 8. The third-order valence-electron chi connectivity index (χ3n) is 4.43. The van der Waals surface area contributed by atoms with Gasteiger partial charge in [0.2, 0.25) is 0 Å². The Morgan fingerprint density at radius 3 is 1.94 bits per heavy atom. The van der Waals surface area contributed by atoms with Crippen molar-refractivity contribution in [1.82, 2.24) is 0 Å². The van der Waals surface area contributed by atoms with E-state index < -0.39 is 17.7 Å². The Morgan fingerprint density at radius 1 is 0.771 bits per heavy atom. The summed E-state index contributed by atoms with van der Waals surface area (Å²) in [6.07, 6.45) is -4.47. The van der Waals surface area contributed by atoms with Crippen LogP contribution in [0.3, 0.4) is 0 Å². The lowest BCUT2D eigenvalue weighted by atomic mass is 10.1. The van der Waals surface area contributed by atoms with Gasteiger partial charge < -0.3 is 34.1 Å². The minimum atomic E-state index is -4.47. The van der Waals surface area contributed by atoms with Gasteiger partial charge in [-0.15, -0.1) is 0 Å². The van der Waals surface area contributed by atoms with Crippen LogP contribution in [-0.2, 0) is 29.9 Å². The van der Waals surface area contributed by atoms with Crippen LogP contribution in [0.5, 0.6) is 0 Å². The number of anilines is 2. The van der Waals surface area contributed by atoms with Gasteiger partial charge in [0.25, 0.3) is 0 Å². The summed E-state index contributed by atoms with van der Waals surface area (Å²) in [6.45, 7) is 2.74. The molecule has 194 valence electrons. The predicted molar refractivity (Wildman–Crippen MR) is 122 cm³/mol. The van der Waals surface area contributed by atoms with Gasteiger partial charge in [0, 0.05) is 5.69 Å². The molecule has 0 aliphatic rings. The van der Waals surface area contributed by atoms with Crippen LogP contribution in [0.25, 0.3) is 0 Å². The Hall–Kier alpha value is -2.70. The fourth-order valence-corrected chi connectivity index (χ4v) is 2.80. The van der Waals surface area contributed by atoms with Crippen molar-refractivity contribution in [2.75, 3.05) is 71.4 Å². The average Bonchev–Trinajstić information content (AvgIpc) is 2.84. The molecule has 2 aromatic carbocycles. The molecule has 0 spiro atoms. The number of esters is 1. The maximum atomic E-state index is 12.9. The Balaban J connectivity index is 1.64. The van der Waals surface area contributed by atoms with Crippen molar-refractivity contribution >= 4 is 17.3 Å². The molecule has 11 heteroatoms. The quantitative estimate of drug-likeness (QED) is 0.251. The van der Waals surface area contributed by atoms with Gasteiger partial charge in [0.05, 0.1) is 76.3 Å². The fourth-order valence-electron chi connectivity index (χ4n) is 2.80. The molecule has 0 aromatic heterocycles. The largest absolute Gasteiger partial charge is 0.460 e. The number of para-hydroxylation sites is 1. The Kier molecular flexibility index (Phi) is 13.1. The van der Waals surface area contributed by atoms with Crippen LogP contribution in [0.1, 0.15) is 15.9 Å². The molecule has 0 fully saturated rings. The van der Waals surface area contributed by atoms with E-state index in [1.807, 2.05) is 0 Å². The fraction of sp³-hybridized carbons (Fsp3) is 0.458. The molecule has 0 radical (unpaired) electrons. The summed E-state index contributed by atoms with van der Waals surface area (Å²) in [5, 5.41) is 11.4. The van der Waals surface area contributed by atoms with Crippen LogP contribution in [-0.4, -0.2) is 77.1 Å². The lowest BCUT2D eigenvalue weighted by Crippen LogP contribution is -2.15. The third kappa shape index (κ3) is 11.5. The first-order valence-corrected chi connectivity index (χ1v) is 11.0. The smallest absolute Gasteiger partial charge is 0.416 e. The molecule has 0 unspecified atom stereocenters. The third-order valence-corrected chi connectivity index (χ3v) is 4.43. The van der Waals surface area contributed by atoms with Gasteiger partial charge in [-0.05, 0) is 30.3 Å². The highest BCUT2D eigenvalue weighted by Gasteiger charge is 2.30. The number of benzene rings is 2. The van der Waals surface area contributed by atoms with E-state index >= 15 is 0 Å². The molecule has 0 amide bonds. The SMILES string of the molecule is O=C(OCCOCCOCCOCCOCCO)c1ccccc1Nc1cccc(C(F)(F)F)c1. The highest BCUT2D eigenvalue weighted by atomic mass is 19.4. The predicted octanol–water partition coefficient (Wildman–Crippen LogP) is 3.66. The number of alkyl halides is 3. The van der Waals surface area contributed by atoms with Crippen molar-refractivity contribution in [2.24, 2.45) is 0 Å². The number of aliphatic hydroxyl groups excluding tert-OH is 1. The van der Waals surface area contributed by atoms with E-state index in [9.17, 15) is 18.0 Å². The van der Waals surface area contributed by atoms with Crippen LogP contribution in [0, 0.1) is 0 Å². The first-order valence-electron chi connectivity index (χ1n) is 11.0. The van der Waals surface area contributed by atoms with Crippen molar-refractivity contribution < 1.29 is 46.8 Å². The van der Waals surface area contributed by atoms with E-state index in [4.69, 9.17) is 28.8 Å². The Bertz CT molecular complexity index is 880. The molecular weight excluding hydrogens is 471 g/mol. The summed E-state index contributed by atoms with van der Waals surface area (Å²) in [5.74, 6) is -0.625. The van der Waals surface area contributed by atoms with Gasteiger partial charge in [0.1, 0.15) is 6.61 Å². The standard InChI is InChI=1S/C24H30F3NO7/c25-24(26,27)19-4-3-5-20(18-19)28-22-7-2-1-6-21(22)23(30)35-17-16-34-15-14-33-13-12-32-11-10-31-9-8-29/h1-7,18,28-29H,8-17H2. The molecule has 2 rings (SSSR count). The molecule has 0 aliphatic heterocycles. The normalized spacial score (nSPS) is 11.4. The van der Waals surface area contributed by atoms with E-state index in [2.05, 4.69) is 5.32 Å². The number of hydrogen-bond donors (Lipinski definition) is 2. The molecule has 8 nitrogen and oxygen atoms in total. The summed E-state index contributed by atoms with van der Waals surface area (Å²) in [7, 11) is 0. The number of aliphatic hydroxyl groups is 1. The zero-order valence-electron chi connectivity index (χ0n) is 19.2. The lowest BCUT2D eigenvalue weighted by molar-refractivity contribution is -0.137. The molecule has 35 heavy (non-hydrogen) atoms. The summed E-state index contributed by atoms with van der Waals surface area (Å²) < 4.78 is 65.1. The molecule has 0 saturated carbocycles. The van der Waals surface area contributed by atoms with Crippen molar-refractivity contribution in [1.29, 1.82) is 0 Å². The van der Waals surface area contributed by atoms with E-state index in [-0.39, 0.29) is 37.7 Å². The minimum absolute atomic E-state index is 0.00762. The van der Waals surface area contributed by atoms with Crippen molar-refractivity contribution in [2.45, 2.75) is 6.18 Å². The van der Waals surface area contributed by atoms with Crippen molar-refractivity contribution in [3.8, 4) is 0 Å². The Morgan fingerprint density at radius 2 is 1.34 bits per heavy atom. The highest BCUT2D eigenvalue weighted by molar-refractivity contribution is 5.96. The number of nitrogens with one attached hydrogen (secondary N) is 1. The molecule has 0 atom stereocenters. The number of ether oxygens (including phenoxy) is 5. The summed E-state index contributed by atoms with van der Waals surface area (Å²) in [4.78, 5) is 12.4. The van der Waals surface area contributed by atoms with Crippen LogP contribution < -0.4 is 5.32 Å². The summed E-state index contributed by atoms with van der Waals surface area (Å²) in [5.41, 5.74) is -0.0766. The van der Waals surface area contributed by atoms with Crippen LogP contribution >= 0.6 is 0 Å². The minimum Gasteiger partial charge on any atom is -0.460 e. The van der Waals surface area contributed by atoms with Gasteiger partial charge in [-0.2, -0.15) is 13.2 Å². The van der Waals surface area contributed by atoms with Crippen LogP contribution in [0.15, 0.2) is 48.5 Å². The molecule has 0 aliphatic carbocycles. The maximum absolute atomic E-state index is 12.9. The van der Waals surface area contributed by atoms with E-state index in [1.54, 1.807) is 18.2 Å². The van der Waals surface area contributed by atoms with Crippen molar-refractivity contribution in [3.05, 3.63) is 59.7 Å². The second kappa shape index (κ2) is 16.1. The first-order chi connectivity index (χ1) is 16.9. The van der Waals surface area contributed by atoms with Gasteiger partial charge >= 0.3 is 12.1 Å². The molecule has 2 aromatic rings. The number of halogens is 3. The molecule has 0 saturated heterocycles. The van der Waals surface area contributed by atoms with Crippen molar-refractivity contribution in [3.63, 3.8) is 0 Å². The zero-order valence-corrected chi connectivity index (χ0v) is 19.2. The summed E-state index contributed by atoms with van der Waals surface area (Å²) in [6, 6.07) is 11.1. The van der Waals surface area contributed by atoms with E-state index in [0.29, 0.717) is 45.3 Å². The number of carbonyl (C=O) groups excluding carboxylic acids is 1. The van der Waals surface area contributed by atoms with Gasteiger partial charge in [-0.1, -0.05) is 18.2 Å². The first kappa shape index (κ1) is 28.5. The molecule has 2 N–H and O–H groups in total. The monoisotopic (exact) mass is 501 g/mol. The summed E-state index contributed by atoms with van der Waals surface area (Å²) >= 11 is 0. The van der Waals surface area contributed by atoms with Crippen LogP contribution in [0.4, 0.5) is 24.5 Å². The van der Waals surface area contributed by atoms with E-state index in [0.717, 1.165) is 12.1 Å². The van der Waals surface area contributed by atoms with Gasteiger partial charge in [0.15, 0.2) is 0 Å². The molecular formula is C24H30F3NO7. The zero-order chi connectivity index (χ0) is 25.4. The highest BCUT2D eigenvalue weighted by Crippen LogP contribution is 2.32. The second-order valence-corrected chi connectivity index (χ2v) is 7.06. The average molecular weight is 501 g/mol. The molecule has 0 heterocycles. The molecule has 0 bridgehead atoms. The van der Waals surface area contributed by atoms with Gasteiger partial charge in [-0.25, -0.2) is 4.79 Å². The van der Waals surface area contributed by atoms with Crippen LogP contribution in [0.2, 0.25) is 0 Å². The number of rotatable bonds is 17. The topological polar surface area (TPSA) is 95.5 Å². The van der Waals surface area contributed by atoms with E-state index in [1.165, 1.54) is 18.2 Å². The number of carbonyl (C=O) groups is 1. The van der Waals surface area contributed by atoms with Gasteiger partial charge in [-0.3, -0.25) is 0 Å². The second-order valence-electron chi connectivity index (χ2n) is 7.06. The maximum Gasteiger partial charge on any atom is 0.416 e. The Labute approximate surface area is 201 Å².